The van der Waals surface area contributed by atoms with E-state index in [0.29, 0.717) is 12.3 Å². The van der Waals surface area contributed by atoms with E-state index in [1.54, 1.807) is 0 Å². The van der Waals surface area contributed by atoms with Gasteiger partial charge in [-0.15, -0.1) is 0 Å². The zero-order valence-electron chi connectivity index (χ0n) is 15.0. The average molecular weight is 355 g/mol. The summed E-state index contributed by atoms with van der Waals surface area (Å²) in [6.45, 7) is 3.06. The Bertz CT molecular complexity index is 717. The highest BCUT2D eigenvalue weighted by atomic mass is 16.5. The van der Waals surface area contributed by atoms with Crippen molar-refractivity contribution in [2.45, 2.75) is 43.9 Å². The smallest absolute Gasteiger partial charge is 0.229 e. The Morgan fingerprint density at radius 2 is 1.77 bits per heavy atom. The number of hydrogen-bond acceptors (Lipinski definition) is 5. The molecule has 26 heavy (non-hydrogen) atoms. The number of rotatable bonds is 4. The summed E-state index contributed by atoms with van der Waals surface area (Å²) >= 11 is 0. The molecule has 6 nitrogen and oxygen atoms in total. The average Bonchev–Trinajstić information content (AvgIpc) is 3.20. The van der Waals surface area contributed by atoms with Crippen LogP contribution in [-0.4, -0.2) is 47.3 Å². The highest BCUT2D eigenvalue weighted by molar-refractivity contribution is 5.78. The topological polar surface area (TPSA) is 68.5 Å². The summed E-state index contributed by atoms with van der Waals surface area (Å²) in [5.74, 6) is 2.38. The molecule has 0 bridgehead atoms. The Labute approximate surface area is 153 Å². The van der Waals surface area contributed by atoms with Crippen molar-refractivity contribution in [3.63, 3.8) is 0 Å². The van der Waals surface area contributed by atoms with Gasteiger partial charge in [-0.3, -0.25) is 4.79 Å². The molecular formula is C20H25N3O3. The fourth-order valence-electron chi connectivity index (χ4n) is 3.79. The van der Waals surface area contributed by atoms with Crippen LogP contribution in [-0.2, 0) is 16.0 Å². The standard InChI is InChI=1S/C20H25N3O3/c24-18(14-15-4-2-1-3-5-15)23-10-6-17(7-11-23)20-21-19(22-26-20)16-8-12-25-13-9-16/h1-5,16-17H,6-14H2. The molecule has 0 atom stereocenters. The molecule has 0 saturated carbocycles. The van der Waals surface area contributed by atoms with E-state index < -0.39 is 0 Å². The summed E-state index contributed by atoms with van der Waals surface area (Å²) in [6.07, 6.45) is 4.17. The SMILES string of the molecule is O=C(Cc1ccccc1)N1CCC(c2nc(C3CCOCC3)no2)CC1. The van der Waals surface area contributed by atoms with Gasteiger partial charge in [0.25, 0.3) is 0 Å². The van der Waals surface area contributed by atoms with E-state index in [1.807, 2.05) is 35.2 Å². The highest BCUT2D eigenvalue weighted by Crippen LogP contribution is 2.30. The van der Waals surface area contributed by atoms with Crippen LogP contribution in [0.1, 0.15) is 54.8 Å². The molecule has 0 spiro atoms. The number of carbonyl (C=O) groups excluding carboxylic acids is 1. The molecular weight excluding hydrogens is 330 g/mol. The van der Waals surface area contributed by atoms with Crippen LogP contribution in [0.2, 0.25) is 0 Å². The minimum absolute atomic E-state index is 0.197. The van der Waals surface area contributed by atoms with Crippen LogP contribution in [0.3, 0.4) is 0 Å². The molecule has 0 radical (unpaired) electrons. The van der Waals surface area contributed by atoms with Crippen molar-refractivity contribution in [2.75, 3.05) is 26.3 Å². The third kappa shape index (κ3) is 3.96. The summed E-state index contributed by atoms with van der Waals surface area (Å²) in [4.78, 5) is 19.1. The molecule has 2 aliphatic heterocycles. The molecule has 1 amide bonds. The van der Waals surface area contributed by atoms with Gasteiger partial charge in [-0.2, -0.15) is 4.98 Å². The molecule has 0 aliphatic carbocycles. The van der Waals surface area contributed by atoms with E-state index in [2.05, 4.69) is 10.1 Å². The Morgan fingerprint density at radius 3 is 2.50 bits per heavy atom. The minimum Gasteiger partial charge on any atom is -0.381 e. The molecule has 2 aliphatic rings. The van der Waals surface area contributed by atoms with Crippen molar-refractivity contribution in [1.82, 2.24) is 15.0 Å². The molecule has 1 aromatic carbocycles. The number of amides is 1. The number of ether oxygens (including phenoxy) is 1. The lowest BCUT2D eigenvalue weighted by molar-refractivity contribution is -0.131. The summed E-state index contributed by atoms with van der Waals surface area (Å²) < 4.78 is 10.9. The first kappa shape index (κ1) is 17.2. The van der Waals surface area contributed by atoms with Gasteiger partial charge in [0.2, 0.25) is 11.8 Å². The van der Waals surface area contributed by atoms with E-state index in [-0.39, 0.29) is 11.8 Å². The van der Waals surface area contributed by atoms with E-state index >= 15 is 0 Å². The molecule has 2 fully saturated rings. The maximum Gasteiger partial charge on any atom is 0.229 e. The van der Waals surface area contributed by atoms with Crippen LogP contribution in [0.4, 0.5) is 0 Å². The molecule has 0 unspecified atom stereocenters. The lowest BCUT2D eigenvalue weighted by atomic mass is 9.96. The number of nitrogens with zero attached hydrogens (tertiary/aromatic N) is 3. The number of likely N-dealkylation sites (tertiary alicyclic amines) is 1. The van der Waals surface area contributed by atoms with Crippen LogP contribution in [0, 0.1) is 0 Å². The van der Waals surface area contributed by atoms with Gasteiger partial charge in [0.1, 0.15) is 0 Å². The first-order chi connectivity index (χ1) is 12.8. The number of carbonyl (C=O) groups is 1. The number of piperidine rings is 1. The Kier molecular flexibility index (Phi) is 5.29. The Balaban J connectivity index is 1.31. The molecule has 138 valence electrons. The second-order valence-corrected chi connectivity index (χ2v) is 7.19. The zero-order chi connectivity index (χ0) is 17.8. The van der Waals surface area contributed by atoms with Crippen LogP contribution in [0.25, 0.3) is 0 Å². The van der Waals surface area contributed by atoms with Gasteiger partial charge in [-0.1, -0.05) is 35.5 Å². The van der Waals surface area contributed by atoms with Gasteiger partial charge >= 0.3 is 0 Å². The second-order valence-electron chi connectivity index (χ2n) is 7.19. The fraction of sp³-hybridized carbons (Fsp3) is 0.550. The first-order valence-corrected chi connectivity index (χ1v) is 9.52. The van der Waals surface area contributed by atoms with Gasteiger partial charge < -0.3 is 14.2 Å². The van der Waals surface area contributed by atoms with Crippen LogP contribution in [0.15, 0.2) is 34.9 Å². The monoisotopic (exact) mass is 355 g/mol. The quantitative estimate of drug-likeness (QED) is 0.843. The normalized spacial score (nSPS) is 19.6. The van der Waals surface area contributed by atoms with Crippen LogP contribution < -0.4 is 0 Å². The summed E-state index contributed by atoms with van der Waals surface area (Å²) in [7, 11) is 0. The van der Waals surface area contributed by atoms with Crippen LogP contribution in [0.5, 0.6) is 0 Å². The lowest BCUT2D eigenvalue weighted by Gasteiger charge is -2.30. The second kappa shape index (κ2) is 7.99. The third-order valence-corrected chi connectivity index (χ3v) is 5.44. The van der Waals surface area contributed by atoms with Gasteiger partial charge in [0, 0.05) is 38.1 Å². The van der Waals surface area contributed by atoms with Crippen molar-refractivity contribution in [3.8, 4) is 0 Å². The zero-order valence-corrected chi connectivity index (χ0v) is 15.0. The minimum atomic E-state index is 0.197. The largest absolute Gasteiger partial charge is 0.381 e. The van der Waals surface area contributed by atoms with Gasteiger partial charge in [-0.25, -0.2) is 0 Å². The van der Waals surface area contributed by atoms with Crippen molar-refractivity contribution in [3.05, 3.63) is 47.6 Å². The molecule has 2 saturated heterocycles. The number of aromatic nitrogens is 2. The van der Waals surface area contributed by atoms with Crippen molar-refractivity contribution >= 4 is 5.91 Å². The molecule has 3 heterocycles. The summed E-state index contributed by atoms with van der Waals surface area (Å²) in [5, 5.41) is 4.20. The summed E-state index contributed by atoms with van der Waals surface area (Å²) in [6, 6.07) is 9.92. The van der Waals surface area contributed by atoms with E-state index in [1.165, 1.54) is 0 Å². The van der Waals surface area contributed by atoms with Crippen molar-refractivity contribution in [2.24, 2.45) is 0 Å². The molecule has 2 aromatic rings. The number of benzene rings is 1. The fourth-order valence-corrected chi connectivity index (χ4v) is 3.79. The predicted molar refractivity (Wildman–Crippen MR) is 95.8 cm³/mol. The third-order valence-electron chi connectivity index (χ3n) is 5.44. The predicted octanol–water partition coefficient (Wildman–Crippen LogP) is 2.91. The lowest BCUT2D eigenvalue weighted by Crippen LogP contribution is -2.38. The molecule has 6 heteroatoms. The maximum absolute atomic E-state index is 12.5. The summed E-state index contributed by atoms with van der Waals surface area (Å²) in [5.41, 5.74) is 1.07. The number of hydrogen-bond donors (Lipinski definition) is 0. The van der Waals surface area contributed by atoms with E-state index in [4.69, 9.17) is 9.26 Å². The molecule has 4 rings (SSSR count). The van der Waals surface area contributed by atoms with Crippen LogP contribution >= 0.6 is 0 Å². The van der Waals surface area contributed by atoms with Crippen molar-refractivity contribution < 1.29 is 14.1 Å². The van der Waals surface area contributed by atoms with Gasteiger partial charge in [-0.05, 0) is 31.2 Å². The maximum atomic E-state index is 12.5. The Morgan fingerprint density at radius 1 is 1.04 bits per heavy atom. The molecule has 0 N–H and O–H groups in total. The van der Waals surface area contributed by atoms with E-state index in [9.17, 15) is 4.79 Å². The Hall–Kier alpha value is -2.21. The van der Waals surface area contributed by atoms with Crippen molar-refractivity contribution in [1.29, 1.82) is 0 Å². The highest BCUT2D eigenvalue weighted by Gasteiger charge is 2.29. The van der Waals surface area contributed by atoms with Gasteiger partial charge in [0.05, 0.1) is 6.42 Å². The van der Waals surface area contributed by atoms with Gasteiger partial charge in [0.15, 0.2) is 5.82 Å². The molecule has 1 aromatic heterocycles. The van der Waals surface area contributed by atoms with E-state index in [0.717, 1.165) is 69.3 Å². The first-order valence-electron chi connectivity index (χ1n) is 9.52.